The second-order valence-corrected chi connectivity index (χ2v) is 10.7. The number of rotatable bonds is 12. The molecule has 11 heteroatoms. The number of carbonyl (C=O) groups is 4. The highest BCUT2D eigenvalue weighted by molar-refractivity contribution is 5.92. The maximum absolute atomic E-state index is 14.2. The molecule has 4 N–H and O–H groups in total. The number of amides is 3. The third-order valence-electron chi connectivity index (χ3n) is 5.85. The standard InChI is InChI=1S/C30H41N3O8/c1-7-40-25(36)16-17-31-27(37)26(21-10-14-23(35)15-11-21)33(19(2)3)28(38)24(32-29(39)41-30(4,5)6)18-20-8-12-22(34)13-9-20/h8-15,19,24,26,34-35H,7,16-18H2,1-6H3,(H,31,37)(H,32,39). The van der Waals surface area contributed by atoms with Crippen LogP contribution in [0, 0.1) is 0 Å². The van der Waals surface area contributed by atoms with Gasteiger partial charge in [-0.2, -0.15) is 0 Å². The van der Waals surface area contributed by atoms with Gasteiger partial charge < -0.3 is 35.2 Å². The summed E-state index contributed by atoms with van der Waals surface area (Å²) in [6.07, 6.45) is -0.811. The number of alkyl carbamates (subject to hydrolysis) is 1. The number of nitrogens with zero attached hydrogens (tertiary/aromatic N) is 1. The van der Waals surface area contributed by atoms with Crippen LogP contribution in [0.5, 0.6) is 11.5 Å². The molecule has 41 heavy (non-hydrogen) atoms. The lowest BCUT2D eigenvalue weighted by atomic mass is 9.98. The average molecular weight is 572 g/mol. The summed E-state index contributed by atoms with van der Waals surface area (Å²) in [4.78, 5) is 53.7. The van der Waals surface area contributed by atoms with Gasteiger partial charge in [0.05, 0.1) is 13.0 Å². The van der Waals surface area contributed by atoms with E-state index >= 15 is 0 Å². The first-order valence-electron chi connectivity index (χ1n) is 13.5. The highest BCUT2D eigenvalue weighted by Crippen LogP contribution is 2.27. The fourth-order valence-electron chi connectivity index (χ4n) is 4.09. The van der Waals surface area contributed by atoms with Crippen molar-refractivity contribution in [2.24, 2.45) is 0 Å². The molecule has 0 aliphatic heterocycles. The molecule has 2 rings (SSSR count). The molecular formula is C30H41N3O8. The van der Waals surface area contributed by atoms with Crippen LogP contribution in [0.3, 0.4) is 0 Å². The summed E-state index contributed by atoms with van der Waals surface area (Å²) in [5, 5.41) is 24.9. The summed E-state index contributed by atoms with van der Waals surface area (Å²) in [6.45, 7) is 10.5. The first kappa shape index (κ1) is 32.9. The number of phenolic OH excluding ortho intramolecular Hbond substituents is 2. The van der Waals surface area contributed by atoms with Gasteiger partial charge in [-0.25, -0.2) is 4.79 Å². The summed E-state index contributed by atoms with van der Waals surface area (Å²) in [5.74, 6) is -1.55. The summed E-state index contributed by atoms with van der Waals surface area (Å²) >= 11 is 0. The number of hydrogen-bond acceptors (Lipinski definition) is 8. The van der Waals surface area contributed by atoms with E-state index in [-0.39, 0.29) is 37.5 Å². The van der Waals surface area contributed by atoms with Gasteiger partial charge in [-0.05, 0) is 76.9 Å². The Morgan fingerprint density at radius 2 is 1.49 bits per heavy atom. The molecule has 0 aliphatic rings. The van der Waals surface area contributed by atoms with Crippen molar-refractivity contribution in [3.05, 3.63) is 59.7 Å². The molecule has 2 aromatic carbocycles. The third kappa shape index (κ3) is 10.7. The van der Waals surface area contributed by atoms with Gasteiger partial charge in [0.25, 0.3) is 0 Å². The zero-order valence-corrected chi connectivity index (χ0v) is 24.5. The molecule has 0 spiro atoms. The predicted molar refractivity (Wildman–Crippen MR) is 152 cm³/mol. The van der Waals surface area contributed by atoms with E-state index in [0.29, 0.717) is 11.1 Å². The van der Waals surface area contributed by atoms with Gasteiger partial charge in [0.2, 0.25) is 11.8 Å². The van der Waals surface area contributed by atoms with Crippen LogP contribution in [0.1, 0.15) is 65.1 Å². The lowest BCUT2D eigenvalue weighted by Crippen LogP contribution is -2.55. The van der Waals surface area contributed by atoms with Crippen molar-refractivity contribution in [2.45, 2.75) is 78.1 Å². The van der Waals surface area contributed by atoms with E-state index in [9.17, 15) is 29.4 Å². The van der Waals surface area contributed by atoms with E-state index < -0.39 is 47.6 Å². The smallest absolute Gasteiger partial charge is 0.408 e. The van der Waals surface area contributed by atoms with Crippen LogP contribution in [0.2, 0.25) is 0 Å². The number of aromatic hydroxyl groups is 2. The largest absolute Gasteiger partial charge is 0.508 e. The number of nitrogens with one attached hydrogen (secondary N) is 2. The lowest BCUT2D eigenvalue weighted by Gasteiger charge is -2.37. The summed E-state index contributed by atoms with van der Waals surface area (Å²) < 4.78 is 10.3. The minimum Gasteiger partial charge on any atom is -0.508 e. The van der Waals surface area contributed by atoms with E-state index in [1.54, 1.807) is 53.7 Å². The van der Waals surface area contributed by atoms with Gasteiger partial charge in [0.15, 0.2) is 0 Å². The number of esters is 1. The molecular weight excluding hydrogens is 530 g/mol. The van der Waals surface area contributed by atoms with Gasteiger partial charge in [0.1, 0.15) is 29.2 Å². The van der Waals surface area contributed by atoms with Crippen LogP contribution in [0.15, 0.2) is 48.5 Å². The number of carbonyl (C=O) groups excluding carboxylic acids is 4. The Hall–Kier alpha value is -4.28. The normalized spacial score (nSPS) is 12.7. The van der Waals surface area contributed by atoms with Crippen molar-refractivity contribution in [1.82, 2.24) is 15.5 Å². The monoisotopic (exact) mass is 571 g/mol. The molecule has 0 aromatic heterocycles. The van der Waals surface area contributed by atoms with Gasteiger partial charge in [-0.15, -0.1) is 0 Å². The Morgan fingerprint density at radius 3 is 2.00 bits per heavy atom. The Kier molecular flexibility index (Phi) is 12.0. The van der Waals surface area contributed by atoms with Crippen LogP contribution in [-0.2, 0) is 30.3 Å². The van der Waals surface area contributed by atoms with Crippen molar-refractivity contribution in [2.75, 3.05) is 13.2 Å². The molecule has 0 aliphatic carbocycles. The average Bonchev–Trinajstić information content (AvgIpc) is 2.87. The minimum atomic E-state index is -1.16. The molecule has 0 radical (unpaired) electrons. The molecule has 11 nitrogen and oxygen atoms in total. The van der Waals surface area contributed by atoms with Crippen LogP contribution >= 0.6 is 0 Å². The van der Waals surface area contributed by atoms with E-state index in [0.717, 1.165) is 0 Å². The van der Waals surface area contributed by atoms with E-state index in [1.807, 2.05) is 0 Å². The van der Waals surface area contributed by atoms with Gasteiger partial charge in [-0.3, -0.25) is 14.4 Å². The van der Waals surface area contributed by atoms with E-state index in [1.165, 1.54) is 41.3 Å². The van der Waals surface area contributed by atoms with Crippen LogP contribution in [-0.4, -0.2) is 69.8 Å². The lowest BCUT2D eigenvalue weighted by molar-refractivity contribution is -0.145. The third-order valence-corrected chi connectivity index (χ3v) is 5.85. The quantitative estimate of drug-likeness (QED) is 0.282. The predicted octanol–water partition coefficient (Wildman–Crippen LogP) is 3.58. The molecule has 0 heterocycles. The van der Waals surface area contributed by atoms with Crippen molar-refractivity contribution in [1.29, 1.82) is 0 Å². The minimum absolute atomic E-state index is 0.0144. The number of hydrogen-bond donors (Lipinski definition) is 4. The molecule has 0 bridgehead atoms. The topological polar surface area (TPSA) is 154 Å². The fraction of sp³-hybridized carbons (Fsp3) is 0.467. The number of phenols is 2. The second-order valence-electron chi connectivity index (χ2n) is 10.7. The highest BCUT2D eigenvalue weighted by Gasteiger charge is 2.38. The highest BCUT2D eigenvalue weighted by atomic mass is 16.6. The Morgan fingerprint density at radius 1 is 0.927 bits per heavy atom. The zero-order valence-electron chi connectivity index (χ0n) is 24.5. The fourth-order valence-corrected chi connectivity index (χ4v) is 4.09. The van der Waals surface area contributed by atoms with Crippen molar-refractivity contribution in [3.63, 3.8) is 0 Å². The Bertz CT molecular complexity index is 1170. The molecule has 2 aromatic rings. The van der Waals surface area contributed by atoms with Crippen molar-refractivity contribution >= 4 is 23.9 Å². The molecule has 3 amide bonds. The van der Waals surface area contributed by atoms with Crippen molar-refractivity contribution < 1.29 is 38.9 Å². The van der Waals surface area contributed by atoms with Gasteiger partial charge in [-0.1, -0.05) is 24.3 Å². The summed E-state index contributed by atoms with van der Waals surface area (Å²) in [5.41, 5.74) is 0.251. The molecule has 2 atom stereocenters. The van der Waals surface area contributed by atoms with Crippen LogP contribution < -0.4 is 10.6 Å². The van der Waals surface area contributed by atoms with E-state index in [2.05, 4.69) is 10.6 Å². The Labute approximate surface area is 240 Å². The first-order valence-corrected chi connectivity index (χ1v) is 13.5. The molecule has 0 fully saturated rings. The Balaban J connectivity index is 2.47. The van der Waals surface area contributed by atoms with Crippen LogP contribution in [0.25, 0.3) is 0 Å². The molecule has 224 valence electrons. The summed E-state index contributed by atoms with van der Waals surface area (Å²) in [7, 11) is 0. The number of benzene rings is 2. The maximum Gasteiger partial charge on any atom is 0.408 e. The maximum atomic E-state index is 14.2. The zero-order chi connectivity index (χ0) is 30.7. The van der Waals surface area contributed by atoms with Gasteiger partial charge in [0, 0.05) is 19.0 Å². The second kappa shape index (κ2) is 14.9. The summed E-state index contributed by atoms with van der Waals surface area (Å²) in [6, 6.07) is 9.28. The SMILES string of the molecule is CCOC(=O)CCNC(=O)C(c1ccc(O)cc1)N(C(=O)C(Cc1ccc(O)cc1)NC(=O)OC(C)(C)C)C(C)C. The first-order chi connectivity index (χ1) is 19.2. The van der Waals surface area contributed by atoms with Crippen molar-refractivity contribution in [3.8, 4) is 11.5 Å². The molecule has 0 saturated heterocycles. The molecule has 2 unspecified atom stereocenters. The van der Waals surface area contributed by atoms with E-state index in [4.69, 9.17) is 9.47 Å². The number of ether oxygens (including phenoxy) is 2. The van der Waals surface area contributed by atoms with Gasteiger partial charge >= 0.3 is 12.1 Å². The molecule has 0 saturated carbocycles. The van der Waals surface area contributed by atoms with Crippen LogP contribution in [0.4, 0.5) is 4.79 Å².